The number of aliphatic hydroxyl groups excluding tert-OH is 1. The maximum Gasteiger partial charge on any atom is 0.255 e. The average molecular weight is 315 g/mol. The number of carbonyl (C=O) groups is 1. The molecular weight excluding hydrogens is 294 g/mol. The number of para-hydroxylation sites is 2. The Hall–Kier alpha value is -2.53. The molecule has 1 amide bonds. The van der Waals surface area contributed by atoms with Crippen LogP contribution in [0, 0.1) is 6.92 Å². The highest BCUT2D eigenvalue weighted by atomic mass is 16.5. The molecule has 5 heteroatoms. The number of amides is 1. The maximum absolute atomic E-state index is 12.1. The van der Waals surface area contributed by atoms with Crippen LogP contribution < -0.4 is 14.8 Å². The fourth-order valence-corrected chi connectivity index (χ4v) is 2.10. The van der Waals surface area contributed by atoms with E-state index in [0.29, 0.717) is 11.3 Å². The summed E-state index contributed by atoms with van der Waals surface area (Å²) < 4.78 is 10.7. The lowest BCUT2D eigenvalue weighted by atomic mass is 10.2. The van der Waals surface area contributed by atoms with Gasteiger partial charge in [-0.2, -0.15) is 0 Å². The van der Waals surface area contributed by atoms with Crippen molar-refractivity contribution in [1.29, 1.82) is 0 Å². The standard InChI is InChI=1S/C18H21NO4/c1-13-7-3-5-9-16(13)23-12-14(20)11-19-18(21)15-8-4-6-10-17(15)22-2/h3-10,14,20H,11-12H2,1-2H3,(H,19,21). The van der Waals surface area contributed by atoms with Crippen molar-refractivity contribution in [2.24, 2.45) is 0 Å². The van der Waals surface area contributed by atoms with Crippen LogP contribution >= 0.6 is 0 Å². The summed E-state index contributed by atoms with van der Waals surface area (Å²) in [6, 6.07) is 14.5. The molecule has 0 aliphatic carbocycles. The molecule has 0 heterocycles. The molecule has 0 spiro atoms. The first kappa shape index (κ1) is 16.8. The highest BCUT2D eigenvalue weighted by molar-refractivity contribution is 5.96. The van der Waals surface area contributed by atoms with E-state index in [1.165, 1.54) is 7.11 Å². The first-order chi connectivity index (χ1) is 11.1. The average Bonchev–Trinajstić information content (AvgIpc) is 2.58. The predicted molar refractivity (Wildman–Crippen MR) is 88.0 cm³/mol. The summed E-state index contributed by atoms with van der Waals surface area (Å²) in [5, 5.41) is 12.6. The second kappa shape index (κ2) is 8.19. The Morgan fingerprint density at radius 1 is 1.13 bits per heavy atom. The van der Waals surface area contributed by atoms with E-state index in [4.69, 9.17) is 9.47 Å². The molecule has 2 rings (SSSR count). The van der Waals surface area contributed by atoms with Crippen LogP contribution in [0.2, 0.25) is 0 Å². The molecule has 23 heavy (non-hydrogen) atoms. The quantitative estimate of drug-likeness (QED) is 0.822. The number of aliphatic hydroxyl groups is 1. The Balaban J connectivity index is 1.83. The highest BCUT2D eigenvalue weighted by Gasteiger charge is 2.13. The fraction of sp³-hybridized carbons (Fsp3) is 0.278. The summed E-state index contributed by atoms with van der Waals surface area (Å²) >= 11 is 0. The lowest BCUT2D eigenvalue weighted by molar-refractivity contribution is 0.0840. The van der Waals surface area contributed by atoms with E-state index in [-0.39, 0.29) is 19.1 Å². The third kappa shape index (κ3) is 4.72. The Kier molecular flexibility index (Phi) is 6.00. The van der Waals surface area contributed by atoms with E-state index in [0.717, 1.165) is 11.3 Å². The lowest BCUT2D eigenvalue weighted by Crippen LogP contribution is -2.35. The van der Waals surface area contributed by atoms with E-state index in [1.807, 2.05) is 31.2 Å². The van der Waals surface area contributed by atoms with E-state index < -0.39 is 6.10 Å². The Morgan fingerprint density at radius 3 is 2.48 bits per heavy atom. The molecule has 2 aromatic rings. The summed E-state index contributed by atoms with van der Waals surface area (Å²) in [4.78, 5) is 12.1. The number of rotatable bonds is 7. The third-order valence-electron chi connectivity index (χ3n) is 3.37. The summed E-state index contributed by atoms with van der Waals surface area (Å²) in [6.45, 7) is 2.14. The van der Waals surface area contributed by atoms with Gasteiger partial charge in [-0.05, 0) is 30.7 Å². The maximum atomic E-state index is 12.1. The molecule has 0 aromatic heterocycles. The van der Waals surface area contributed by atoms with Gasteiger partial charge in [0, 0.05) is 6.54 Å². The van der Waals surface area contributed by atoms with E-state index in [9.17, 15) is 9.90 Å². The largest absolute Gasteiger partial charge is 0.496 e. The zero-order valence-electron chi connectivity index (χ0n) is 13.3. The smallest absolute Gasteiger partial charge is 0.255 e. The molecular formula is C18H21NO4. The molecule has 0 saturated heterocycles. The van der Waals surface area contributed by atoms with Gasteiger partial charge in [0.2, 0.25) is 0 Å². The number of benzene rings is 2. The minimum Gasteiger partial charge on any atom is -0.496 e. The van der Waals surface area contributed by atoms with E-state index in [2.05, 4.69) is 5.32 Å². The van der Waals surface area contributed by atoms with Gasteiger partial charge < -0.3 is 19.9 Å². The number of methoxy groups -OCH3 is 1. The minimum absolute atomic E-state index is 0.1000. The van der Waals surface area contributed by atoms with E-state index >= 15 is 0 Å². The molecule has 0 saturated carbocycles. The number of nitrogens with one attached hydrogen (secondary N) is 1. The topological polar surface area (TPSA) is 67.8 Å². The third-order valence-corrected chi connectivity index (χ3v) is 3.37. The van der Waals surface area contributed by atoms with Crippen LogP contribution in [0.3, 0.4) is 0 Å². The van der Waals surface area contributed by atoms with E-state index in [1.54, 1.807) is 24.3 Å². The zero-order valence-corrected chi connectivity index (χ0v) is 13.3. The molecule has 5 nitrogen and oxygen atoms in total. The zero-order chi connectivity index (χ0) is 16.7. The second-order valence-electron chi connectivity index (χ2n) is 5.14. The Morgan fingerprint density at radius 2 is 1.78 bits per heavy atom. The molecule has 0 fully saturated rings. The Bertz CT molecular complexity index is 657. The van der Waals surface area contributed by atoms with Crippen molar-refractivity contribution in [3.05, 3.63) is 59.7 Å². The van der Waals surface area contributed by atoms with Crippen molar-refractivity contribution in [2.75, 3.05) is 20.3 Å². The molecule has 1 unspecified atom stereocenters. The summed E-state index contributed by atoms with van der Waals surface area (Å²) in [5.41, 5.74) is 1.43. The first-order valence-electron chi connectivity index (χ1n) is 7.39. The van der Waals surface area contributed by atoms with Crippen LogP contribution in [-0.4, -0.2) is 37.4 Å². The summed E-state index contributed by atoms with van der Waals surface area (Å²) in [7, 11) is 1.51. The van der Waals surface area contributed by atoms with Crippen LogP contribution in [0.15, 0.2) is 48.5 Å². The molecule has 1 atom stereocenters. The Labute approximate surface area is 135 Å². The van der Waals surface area contributed by atoms with Crippen molar-refractivity contribution in [3.63, 3.8) is 0 Å². The van der Waals surface area contributed by atoms with Gasteiger partial charge in [0.25, 0.3) is 5.91 Å². The van der Waals surface area contributed by atoms with Crippen molar-refractivity contribution in [1.82, 2.24) is 5.32 Å². The van der Waals surface area contributed by atoms with Gasteiger partial charge in [0.15, 0.2) is 0 Å². The highest BCUT2D eigenvalue weighted by Crippen LogP contribution is 2.17. The SMILES string of the molecule is COc1ccccc1C(=O)NCC(O)COc1ccccc1C. The summed E-state index contributed by atoms with van der Waals surface area (Å²) in [5.74, 6) is 0.927. The van der Waals surface area contributed by atoms with Crippen molar-refractivity contribution < 1.29 is 19.4 Å². The van der Waals surface area contributed by atoms with Gasteiger partial charge in [0.05, 0.1) is 12.7 Å². The second-order valence-corrected chi connectivity index (χ2v) is 5.14. The van der Waals surface area contributed by atoms with Crippen LogP contribution in [0.25, 0.3) is 0 Å². The van der Waals surface area contributed by atoms with Crippen molar-refractivity contribution >= 4 is 5.91 Å². The number of hydrogen-bond acceptors (Lipinski definition) is 4. The lowest BCUT2D eigenvalue weighted by Gasteiger charge is -2.15. The molecule has 122 valence electrons. The van der Waals surface area contributed by atoms with Crippen LogP contribution in [0.4, 0.5) is 0 Å². The van der Waals surface area contributed by atoms with Gasteiger partial charge in [-0.25, -0.2) is 0 Å². The molecule has 0 aliphatic rings. The molecule has 2 N–H and O–H groups in total. The van der Waals surface area contributed by atoms with Crippen LogP contribution in [-0.2, 0) is 0 Å². The van der Waals surface area contributed by atoms with Crippen molar-refractivity contribution in [2.45, 2.75) is 13.0 Å². The minimum atomic E-state index is -0.798. The van der Waals surface area contributed by atoms with Gasteiger partial charge in [0.1, 0.15) is 24.2 Å². The molecule has 0 aliphatic heterocycles. The molecule has 0 bridgehead atoms. The number of carbonyl (C=O) groups excluding carboxylic acids is 1. The number of ether oxygens (including phenoxy) is 2. The number of aryl methyl sites for hydroxylation is 1. The van der Waals surface area contributed by atoms with Crippen molar-refractivity contribution in [3.8, 4) is 11.5 Å². The normalized spacial score (nSPS) is 11.6. The fourth-order valence-electron chi connectivity index (χ4n) is 2.10. The summed E-state index contributed by atoms with van der Waals surface area (Å²) in [6.07, 6.45) is -0.798. The monoisotopic (exact) mass is 315 g/mol. The van der Waals surface area contributed by atoms with Gasteiger partial charge in [-0.3, -0.25) is 4.79 Å². The van der Waals surface area contributed by atoms with Gasteiger partial charge in [-0.15, -0.1) is 0 Å². The van der Waals surface area contributed by atoms with Gasteiger partial charge >= 0.3 is 0 Å². The predicted octanol–water partition coefficient (Wildman–Crippen LogP) is 2.17. The molecule has 0 radical (unpaired) electrons. The van der Waals surface area contributed by atoms with Gasteiger partial charge in [-0.1, -0.05) is 30.3 Å². The van der Waals surface area contributed by atoms with Crippen LogP contribution in [0.5, 0.6) is 11.5 Å². The molecule has 2 aromatic carbocycles. The first-order valence-corrected chi connectivity index (χ1v) is 7.39. The van der Waals surface area contributed by atoms with Crippen LogP contribution in [0.1, 0.15) is 15.9 Å². The number of hydrogen-bond donors (Lipinski definition) is 2.